The molecule has 2 bridgehead atoms. The Morgan fingerprint density at radius 3 is 2.57 bits per heavy atom. The van der Waals surface area contributed by atoms with Crippen molar-refractivity contribution >= 4 is 5.69 Å². The van der Waals surface area contributed by atoms with Crippen LogP contribution >= 0.6 is 0 Å². The molecular formula is C12H16N2. The third kappa shape index (κ3) is 1.14. The van der Waals surface area contributed by atoms with Crippen LogP contribution in [0.5, 0.6) is 0 Å². The highest BCUT2D eigenvalue weighted by Gasteiger charge is 2.29. The van der Waals surface area contributed by atoms with Crippen LogP contribution in [0.4, 0.5) is 5.69 Å². The standard InChI is InChI=1S/C12H16N2/c13-10-3-4-11-8-1-2-9(7-14-6-8)12(11)5-10/h3-5,8-9,14H,1-2,6-7,13H2. The van der Waals surface area contributed by atoms with Gasteiger partial charge in [0.1, 0.15) is 0 Å². The van der Waals surface area contributed by atoms with Crippen LogP contribution < -0.4 is 11.1 Å². The first-order chi connectivity index (χ1) is 6.84. The molecule has 0 spiro atoms. The topological polar surface area (TPSA) is 38.0 Å². The van der Waals surface area contributed by atoms with E-state index < -0.39 is 0 Å². The fourth-order valence-electron chi connectivity index (χ4n) is 2.89. The van der Waals surface area contributed by atoms with Crippen LogP contribution in [0.25, 0.3) is 0 Å². The number of benzene rings is 1. The molecule has 1 fully saturated rings. The molecule has 0 aromatic heterocycles. The van der Waals surface area contributed by atoms with Crippen molar-refractivity contribution in [2.24, 2.45) is 0 Å². The molecule has 2 unspecified atom stereocenters. The molecule has 0 amide bonds. The number of nitrogens with two attached hydrogens (primary N) is 1. The van der Waals surface area contributed by atoms with Crippen LogP contribution in [0.1, 0.15) is 35.8 Å². The van der Waals surface area contributed by atoms with Gasteiger partial charge in [0, 0.05) is 18.8 Å². The molecule has 0 radical (unpaired) electrons. The summed E-state index contributed by atoms with van der Waals surface area (Å²) in [6.07, 6.45) is 2.67. The van der Waals surface area contributed by atoms with E-state index in [1.165, 1.54) is 18.4 Å². The lowest BCUT2D eigenvalue weighted by atomic mass is 9.78. The summed E-state index contributed by atoms with van der Waals surface area (Å²) in [7, 11) is 0. The van der Waals surface area contributed by atoms with E-state index in [-0.39, 0.29) is 0 Å². The van der Waals surface area contributed by atoms with Crippen molar-refractivity contribution in [2.45, 2.75) is 24.7 Å². The van der Waals surface area contributed by atoms with E-state index in [9.17, 15) is 0 Å². The number of hydrogen-bond acceptors (Lipinski definition) is 2. The van der Waals surface area contributed by atoms with Gasteiger partial charge in [0.05, 0.1) is 0 Å². The molecule has 2 aliphatic heterocycles. The average molecular weight is 188 g/mol. The lowest BCUT2D eigenvalue weighted by Crippen LogP contribution is -2.18. The van der Waals surface area contributed by atoms with Gasteiger partial charge < -0.3 is 11.1 Å². The van der Waals surface area contributed by atoms with Gasteiger partial charge in [0.2, 0.25) is 0 Å². The number of hydrogen-bond donors (Lipinski definition) is 2. The van der Waals surface area contributed by atoms with Gasteiger partial charge in [-0.05, 0) is 47.9 Å². The molecule has 1 aromatic rings. The highest BCUT2D eigenvalue weighted by molar-refractivity contribution is 5.49. The molecule has 3 N–H and O–H groups in total. The number of fused-ring (bicyclic) bond motifs is 3. The van der Waals surface area contributed by atoms with E-state index in [1.54, 1.807) is 5.56 Å². The van der Waals surface area contributed by atoms with Crippen molar-refractivity contribution in [3.63, 3.8) is 0 Å². The fourth-order valence-corrected chi connectivity index (χ4v) is 2.89. The van der Waals surface area contributed by atoms with Crippen molar-refractivity contribution in [3.05, 3.63) is 29.3 Å². The van der Waals surface area contributed by atoms with E-state index in [1.807, 2.05) is 6.07 Å². The smallest absolute Gasteiger partial charge is 0.0317 e. The Morgan fingerprint density at radius 2 is 1.79 bits per heavy atom. The molecule has 3 aliphatic rings. The van der Waals surface area contributed by atoms with Gasteiger partial charge in [0.25, 0.3) is 0 Å². The second-order valence-electron chi connectivity index (χ2n) is 4.52. The summed E-state index contributed by atoms with van der Waals surface area (Å²) < 4.78 is 0. The van der Waals surface area contributed by atoms with Crippen molar-refractivity contribution in [1.29, 1.82) is 0 Å². The molecule has 14 heavy (non-hydrogen) atoms. The molecule has 2 atom stereocenters. The van der Waals surface area contributed by atoms with Gasteiger partial charge in [-0.2, -0.15) is 0 Å². The van der Waals surface area contributed by atoms with Crippen LogP contribution in [0, 0.1) is 0 Å². The molecule has 2 nitrogen and oxygen atoms in total. The maximum atomic E-state index is 5.84. The lowest BCUT2D eigenvalue weighted by Gasteiger charge is -2.26. The van der Waals surface area contributed by atoms with E-state index in [4.69, 9.17) is 5.73 Å². The summed E-state index contributed by atoms with van der Waals surface area (Å²) in [5.41, 5.74) is 9.81. The van der Waals surface area contributed by atoms with Gasteiger partial charge in [-0.3, -0.25) is 0 Å². The number of rotatable bonds is 0. The van der Waals surface area contributed by atoms with Crippen LogP contribution in [0.15, 0.2) is 18.2 Å². The quantitative estimate of drug-likeness (QED) is 0.610. The van der Waals surface area contributed by atoms with Crippen LogP contribution in [-0.4, -0.2) is 13.1 Å². The maximum Gasteiger partial charge on any atom is 0.0317 e. The Morgan fingerprint density at radius 1 is 1.07 bits per heavy atom. The molecule has 1 aliphatic carbocycles. The highest BCUT2D eigenvalue weighted by Crippen LogP contribution is 2.40. The fraction of sp³-hybridized carbons (Fsp3) is 0.500. The first-order valence-electron chi connectivity index (χ1n) is 5.44. The normalized spacial score (nSPS) is 29.7. The van der Waals surface area contributed by atoms with Gasteiger partial charge in [0.15, 0.2) is 0 Å². The Balaban J connectivity index is 2.15. The Kier molecular flexibility index (Phi) is 1.77. The lowest BCUT2D eigenvalue weighted by molar-refractivity contribution is 0.549. The largest absolute Gasteiger partial charge is 0.399 e. The summed E-state index contributed by atoms with van der Waals surface area (Å²) in [5, 5.41) is 3.53. The minimum atomic E-state index is 0.701. The van der Waals surface area contributed by atoms with Crippen molar-refractivity contribution in [1.82, 2.24) is 5.32 Å². The number of anilines is 1. The van der Waals surface area contributed by atoms with Gasteiger partial charge >= 0.3 is 0 Å². The summed E-state index contributed by atoms with van der Waals surface area (Å²) in [5.74, 6) is 1.43. The molecule has 4 rings (SSSR count). The SMILES string of the molecule is Nc1ccc2c(c1)C1CCC2CNC1. The molecule has 74 valence electrons. The van der Waals surface area contributed by atoms with E-state index in [0.29, 0.717) is 5.92 Å². The third-order valence-corrected chi connectivity index (χ3v) is 3.64. The first kappa shape index (κ1) is 8.30. The zero-order valence-corrected chi connectivity index (χ0v) is 8.29. The summed E-state index contributed by atoms with van der Waals surface area (Å²) in [4.78, 5) is 0. The number of nitrogen functional groups attached to an aromatic ring is 1. The molecular weight excluding hydrogens is 172 g/mol. The molecule has 1 saturated heterocycles. The Labute approximate surface area is 84.5 Å². The maximum absolute atomic E-state index is 5.84. The van der Waals surface area contributed by atoms with E-state index in [2.05, 4.69) is 17.4 Å². The van der Waals surface area contributed by atoms with Crippen molar-refractivity contribution in [3.8, 4) is 0 Å². The predicted octanol–water partition coefficient (Wildman–Crippen LogP) is 1.83. The van der Waals surface area contributed by atoms with E-state index >= 15 is 0 Å². The highest BCUT2D eigenvalue weighted by atomic mass is 14.9. The first-order valence-corrected chi connectivity index (χ1v) is 5.44. The van der Waals surface area contributed by atoms with Crippen molar-refractivity contribution < 1.29 is 0 Å². The van der Waals surface area contributed by atoms with Gasteiger partial charge in [-0.15, -0.1) is 0 Å². The van der Waals surface area contributed by atoms with Crippen LogP contribution in [0.3, 0.4) is 0 Å². The summed E-state index contributed by atoms with van der Waals surface area (Å²) in [6, 6.07) is 6.45. The van der Waals surface area contributed by atoms with Crippen LogP contribution in [0.2, 0.25) is 0 Å². The third-order valence-electron chi connectivity index (χ3n) is 3.64. The summed E-state index contributed by atoms with van der Waals surface area (Å²) in [6.45, 7) is 2.28. The van der Waals surface area contributed by atoms with E-state index in [0.717, 1.165) is 24.7 Å². The predicted molar refractivity (Wildman–Crippen MR) is 58.4 cm³/mol. The second kappa shape index (κ2) is 2.99. The molecule has 2 heteroatoms. The van der Waals surface area contributed by atoms with Gasteiger partial charge in [-0.25, -0.2) is 0 Å². The molecule has 0 saturated carbocycles. The molecule has 1 aromatic carbocycles. The van der Waals surface area contributed by atoms with Gasteiger partial charge in [-0.1, -0.05) is 6.07 Å². The minimum Gasteiger partial charge on any atom is -0.399 e. The minimum absolute atomic E-state index is 0.701. The second-order valence-corrected chi connectivity index (χ2v) is 4.52. The zero-order valence-electron chi connectivity index (χ0n) is 8.29. The van der Waals surface area contributed by atoms with Crippen molar-refractivity contribution in [2.75, 3.05) is 18.8 Å². The number of nitrogens with one attached hydrogen (secondary N) is 1. The zero-order chi connectivity index (χ0) is 9.54. The average Bonchev–Trinajstić information content (AvgIpc) is 2.51. The Hall–Kier alpha value is -1.02. The monoisotopic (exact) mass is 188 g/mol. The summed E-state index contributed by atoms with van der Waals surface area (Å²) >= 11 is 0. The van der Waals surface area contributed by atoms with Crippen LogP contribution in [-0.2, 0) is 0 Å². The molecule has 2 heterocycles. The Bertz CT molecular complexity index is 355.